The van der Waals surface area contributed by atoms with Crippen molar-refractivity contribution in [1.82, 2.24) is 19.7 Å². The number of nitrogens with one attached hydrogen (secondary N) is 1. The van der Waals surface area contributed by atoms with Crippen LogP contribution >= 0.6 is 11.3 Å². The number of halogens is 2. The maximum absolute atomic E-state index is 14.5. The van der Waals surface area contributed by atoms with E-state index >= 15 is 0 Å². The van der Waals surface area contributed by atoms with Crippen LogP contribution in [-0.2, 0) is 21.4 Å². The van der Waals surface area contributed by atoms with Crippen molar-refractivity contribution < 1.29 is 26.7 Å². The largest absolute Gasteiger partial charge is 0.492 e. The van der Waals surface area contributed by atoms with E-state index in [4.69, 9.17) is 14.5 Å². The second-order valence-corrected chi connectivity index (χ2v) is 11.2. The number of aromatic nitrogens is 3. The fourth-order valence-corrected chi connectivity index (χ4v) is 6.02. The van der Waals surface area contributed by atoms with Gasteiger partial charge in [0.1, 0.15) is 29.0 Å². The molecule has 8 nitrogen and oxygen atoms in total. The molecule has 0 fully saturated rings. The Morgan fingerprint density at radius 3 is 2.55 bits per heavy atom. The van der Waals surface area contributed by atoms with Crippen LogP contribution in [0.15, 0.2) is 59.6 Å². The van der Waals surface area contributed by atoms with Crippen LogP contribution in [0.3, 0.4) is 0 Å². The third-order valence-corrected chi connectivity index (χ3v) is 8.14. The number of benzene rings is 3. The zero-order chi connectivity index (χ0) is 26.9. The predicted molar refractivity (Wildman–Crippen MR) is 141 cm³/mol. The second-order valence-electron chi connectivity index (χ2n) is 8.42. The summed E-state index contributed by atoms with van der Waals surface area (Å²) in [6, 6.07) is 10.9. The molecule has 0 spiro atoms. The summed E-state index contributed by atoms with van der Waals surface area (Å²) in [5.41, 5.74) is 3.68. The highest BCUT2D eigenvalue weighted by Gasteiger charge is 2.17. The van der Waals surface area contributed by atoms with E-state index in [1.807, 2.05) is 13.0 Å². The number of aryl methyl sites for hydroxylation is 1. The van der Waals surface area contributed by atoms with Gasteiger partial charge in [0.25, 0.3) is 0 Å². The summed E-state index contributed by atoms with van der Waals surface area (Å²) in [5, 5.41) is 0.589. The lowest BCUT2D eigenvalue weighted by molar-refractivity contribution is 0.181. The molecular weight excluding hydrogens is 534 g/mol. The number of hydrogen-bond acceptors (Lipinski definition) is 8. The van der Waals surface area contributed by atoms with Gasteiger partial charge in [0.2, 0.25) is 10.0 Å². The van der Waals surface area contributed by atoms with E-state index in [0.29, 0.717) is 33.0 Å². The molecule has 1 N–H and O–H groups in total. The maximum atomic E-state index is 14.5. The van der Waals surface area contributed by atoms with E-state index in [-0.39, 0.29) is 24.7 Å². The Bertz CT molecular complexity index is 1740. The molecule has 0 radical (unpaired) electrons. The molecule has 2 aromatic heterocycles. The Kier molecular flexibility index (Phi) is 7.30. The number of thiazole rings is 1. The van der Waals surface area contributed by atoms with Crippen LogP contribution in [0.5, 0.6) is 5.75 Å². The molecule has 3 aromatic carbocycles. The highest BCUT2D eigenvalue weighted by atomic mass is 32.2. The van der Waals surface area contributed by atoms with Gasteiger partial charge in [-0.3, -0.25) is 4.98 Å². The van der Waals surface area contributed by atoms with Crippen LogP contribution in [0.1, 0.15) is 11.3 Å². The maximum Gasteiger partial charge on any atom is 0.240 e. The fraction of sp³-hybridized carbons (Fsp3) is 0.192. The molecule has 38 heavy (non-hydrogen) atoms. The van der Waals surface area contributed by atoms with E-state index in [2.05, 4.69) is 14.7 Å². The topological polar surface area (TPSA) is 103 Å². The highest BCUT2D eigenvalue weighted by Crippen LogP contribution is 2.37. The third-order valence-electron chi connectivity index (χ3n) is 5.63. The van der Waals surface area contributed by atoms with Crippen molar-refractivity contribution in [2.45, 2.75) is 18.4 Å². The Labute approximate surface area is 221 Å². The number of methoxy groups -OCH3 is 1. The molecule has 0 amide bonds. The molecule has 12 heteroatoms. The zero-order valence-electron chi connectivity index (χ0n) is 20.4. The fourth-order valence-electron chi connectivity index (χ4n) is 3.91. The van der Waals surface area contributed by atoms with E-state index in [1.54, 1.807) is 19.4 Å². The van der Waals surface area contributed by atoms with Gasteiger partial charge in [-0.1, -0.05) is 0 Å². The van der Waals surface area contributed by atoms with Crippen LogP contribution in [-0.4, -0.2) is 43.6 Å². The molecule has 0 aliphatic heterocycles. The number of nitrogens with zero attached hydrogens (tertiary/aromatic N) is 3. The molecule has 0 bridgehead atoms. The van der Waals surface area contributed by atoms with E-state index < -0.39 is 21.7 Å². The first-order valence-electron chi connectivity index (χ1n) is 11.5. The van der Waals surface area contributed by atoms with E-state index in [0.717, 1.165) is 27.9 Å². The Balaban J connectivity index is 1.35. The molecule has 5 aromatic rings. The minimum atomic E-state index is -3.78. The van der Waals surface area contributed by atoms with Gasteiger partial charge in [-0.25, -0.2) is 31.9 Å². The lowest BCUT2D eigenvalue weighted by Gasteiger charge is -2.09. The molecule has 196 valence electrons. The summed E-state index contributed by atoms with van der Waals surface area (Å²) in [5.74, 6) is -0.419. The van der Waals surface area contributed by atoms with Crippen LogP contribution < -0.4 is 9.46 Å². The van der Waals surface area contributed by atoms with Gasteiger partial charge in [-0.2, -0.15) is 0 Å². The van der Waals surface area contributed by atoms with E-state index in [1.165, 1.54) is 35.6 Å². The molecular formula is C26H22F2N4O4S2. The predicted octanol–water partition coefficient (Wildman–Crippen LogP) is 5.00. The minimum absolute atomic E-state index is 0.0176. The van der Waals surface area contributed by atoms with Gasteiger partial charge in [0.05, 0.1) is 44.6 Å². The van der Waals surface area contributed by atoms with Crippen molar-refractivity contribution in [2.24, 2.45) is 0 Å². The van der Waals surface area contributed by atoms with Crippen LogP contribution in [0.4, 0.5) is 8.78 Å². The Morgan fingerprint density at radius 1 is 1.00 bits per heavy atom. The van der Waals surface area contributed by atoms with Crippen molar-refractivity contribution in [3.8, 4) is 16.3 Å². The summed E-state index contributed by atoms with van der Waals surface area (Å²) in [4.78, 5) is 13.6. The molecule has 0 unspecified atom stereocenters. The number of ether oxygens (including phenoxy) is 2. The summed E-state index contributed by atoms with van der Waals surface area (Å²) in [7, 11) is -2.23. The third kappa shape index (κ3) is 5.48. The van der Waals surface area contributed by atoms with Gasteiger partial charge in [-0.15, -0.1) is 11.3 Å². The smallest absolute Gasteiger partial charge is 0.240 e. The second kappa shape index (κ2) is 10.7. The molecule has 0 atom stereocenters. The van der Waals surface area contributed by atoms with Gasteiger partial charge >= 0.3 is 0 Å². The summed E-state index contributed by atoms with van der Waals surface area (Å²) in [6.45, 7) is 2.25. The van der Waals surface area contributed by atoms with Gasteiger partial charge in [-0.05, 0) is 55.0 Å². The van der Waals surface area contributed by atoms with E-state index in [9.17, 15) is 17.2 Å². The zero-order valence-corrected chi connectivity index (χ0v) is 22.0. The average Bonchev–Trinajstić information content (AvgIpc) is 3.31. The lowest BCUT2D eigenvalue weighted by Crippen LogP contribution is -2.28. The lowest BCUT2D eigenvalue weighted by atomic mass is 10.1. The molecule has 0 saturated heterocycles. The SMILES string of the molecule is COCc1cnc2c(-c3nc4c(C)cc(OCCNS(=O)(=O)c5ccc(F)cc5)cc4s3)cc(F)cc2n1. The van der Waals surface area contributed by atoms with Gasteiger partial charge in [0.15, 0.2) is 0 Å². The van der Waals surface area contributed by atoms with Crippen LogP contribution in [0.2, 0.25) is 0 Å². The van der Waals surface area contributed by atoms with Crippen LogP contribution in [0.25, 0.3) is 31.8 Å². The van der Waals surface area contributed by atoms with Gasteiger partial charge in [0, 0.05) is 25.3 Å². The summed E-state index contributed by atoms with van der Waals surface area (Å²) >= 11 is 1.37. The Hall–Kier alpha value is -3.58. The minimum Gasteiger partial charge on any atom is -0.492 e. The van der Waals surface area contributed by atoms with Crippen molar-refractivity contribution in [3.05, 3.63) is 77.6 Å². The number of fused-ring (bicyclic) bond motifs is 2. The first kappa shape index (κ1) is 26.0. The Morgan fingerprint density at radius 2 is 1.79 bits per heavy atom. The van der Waals surface area contributed by atoms with Gasteiger partial charge < -0.3 is 9.47 Å². The average molecular weight is 557 g/mol. The first-order chi connectivity index (χ1) is 18.2. The van der Waals surface area contributed by atoms with Crippen molar-refractivity contribution in [3.63, 3.8) is 0 Å². The monoisotopic (exact) mass is 556 g/mol. The van der Waals surface area contributed by atoms with Crippen LogP contribution in [0, 0.1) is 18.6 Å². The molecule has 5 rings (SSSR count). The van der Waals surface area contributed by atoms with Crippen molar-refractivity contribution in [2.75, 3.05) is 20.3 Å². The molecule has 2 heterocycles. The van der Waals surface area contributed by atoms with Crippen molar-refractivity contribution >= 4 is 42.6 Å². The van der Waals surface area contributed by atoms with Crippen molar-refractivity contribution in [1.29, 1.82) is 0 Å². The quantitative estimate of drug-likeness (QED) is 0.255. The first-order valence-corrected chi connectivity index (χ1v) is 13.8. The molecule has 0 saturated carbocycles. The number of rotatable bonds is 9. The molecule has 0 aliphatic carbocycles. The summed E-state index contributed by atoms with van der Waals surface area (Å²) < 4.78 is 66.4. The standard InChI is InChI=1S/C26H22F2N4O4S2/c1-15-9-19(36-8-7-30-38(33,34)20-5-3-16(27)4-6-20)12-23-24(15)32-26(37-23)21-10-17(28)11-22-25(21)29-13-18(31-22)14-35-2/h3-6,9-13,30H,7-8,14H2,1-2H3. The number of hydrogen-bond donors (Lipinski definition) is 1. The normalized spacial score (nSPS) is 11.9. The summed E-state index contributed by atoms with van der Waals surface area (Å²) in [6.07, 6.45) is 1.60. The highest BCUT2D eigenvalue weighted by molar-refractivity contribution is 7.89. The number of sulfonamides is 1. The molecule has 0 aliphatic rings.